The molecule has 170 valence electrons. The summed E-state index contributed by atoms with van der Waals surface area (Å²) in [5.74, 6) is 1.45. The maximum absolute atomic E-state index is 13.8. The number of amides is 1. The number of rotatable bonds is 9. The third-order valence-electron chi connectivity index (χ3n) is 6.39. The van der Waals surface area contributed by atoms with E-state index < -0.39 is 0 Å². The largest absolute Gasteiger partial charge is 0.493 e. The lowest BCUT2D eigenvalue weighted by Crippen LogP contribution is -2.40. The van der Waals surface area contributed by atoms with Crippen molar-refractivity contribution in [2.75, 3.05) is 26.9 Å². The van der Waals surface area contributed by atoms with Gasteiger partial charge in [-0.1, -0.05) is 43.0 Å². The fourth-order valence-corrected chi connectivity index (χ4v) is 4.80. The van der Waals surface area contributed by atoms with E-state index in [0.29, 0.717) is 31.2 Å². The lowest BCUT2D eigenvalue weighted by atomic mass is 9.82. The van der Waals surface area contributed by atoms with Crippen molar-refractivity contribution < 1.29 is 19.0 Å². The monoisotopic (exact) mass is 435 g/mol. The summed E-state index contributed by atoms with van der Waals surface area (Å²) in [7, 11) is 1.63. The van der Waals surface area contributed by atoms with Gasteiger partial charge in [0.05, 0.1) is 19.1 Å². The van der Waals surface area contributed by atoms with Gasteiger partial charge in [-0.3, -0.25) is 4.79 Å². The molecule has 0 radical (unpaired) electrons. The van der Waals surface area contributed by atoms with Crippen LogP contribution in [0.25, 0.3) is 0 Å². The number of hydrogen-bond donors (Lipinski definition) is 0. The quantitative estimate of drug-likeness (QED) is 0.527. The highest BCUT2D eigenvalue weighted by molar-refractivity contribution is 5.84. The molecule has 0 aromatic heterocycles. The lowest BCUT2D eigenvalue weighted by molar-refractivity contribution is -0.135. The zero-order valence-electron chi connectivity index (χ0n) is 18.9. The molecule has 0 spiro atoms. The molecule has 0 bridgehead atoms. The number of benzene rings is 2. The van der Waals surface area contributed by atoms with E-state index in [1.807, 2.05) is 29.2 Å². The second-order valence-electron chi connectivity index (χ2n) is 8.58. The highest BCUT2D eigenvalue weighted by Gasteiger charge is 2.32. The van der Waals surface area contributed by atoms with Crippen molar-refractivity contribution in [2.24, 2.45) is 0 Å². The summed E-state index contributed by atoms with van der Waals surface area (Å²) in [6.45, 7) is 6.03. The van der Waals surface area contributed by atoms with Crippen LogP contribution in [-0.2, 0) is 22.5 Å². The average Bonchev–Trinajstić information content (AvgIpc) is 3.35. The van der Waals surface area contributed by atoms with Gasteiger partial charge in [0.25, 0.3) is 0 Å². The number of carbonyl (C=O) groups is 1. The number of hydrogen-bond acceptors (Lipinski definition) is 4. The molecule has 1 saturated heterocycles. The predicted molar refractivity (Wildman–Crippen MR) is 125 cm³/mol. The standard InChI is InChI=1S/C27H33NO4/c1-3-15-32-25-14-13-20(17-26(25)30-2)18-28(19-22-10-7-16-31-22)27(29)24-12-6-9-21-8-4-5-11-23(21)24/h3-5,8,11,13-14,17,22,24H,1,6-7,9-10,12,15-16,18-19H2,2H3/t22-,24+/m1/s1. The fourth-order valence-electron chi connectivity index (χ4n) is 4.80. The van der Waals surface area contributed by atoms with Crippen LogP contribution in [-0.4, -0.2) is 43.8 Å². The highest BCUT2D eigenvalue weighted by Crippen LogP contribution is 2.34. The number of aryl methyl sites for hydroxylation is 1. The first-order chi connectivity index (χ1) is 15.7. The lowest BCUT2D eigenvalue weighted by Gasteiger charge is -2.32. The van der Waals surface area contributed by atoms with Gasteiger partial charge in [-0.2, -0.15) is 0 Å². The Morgan fingerprint density at radius 1 is 1.19 bits per heavy atom. The van der Waals surface area contributed by atoms with Gasteiger partial charge >= 0.3 is 0 Å². The molecule has 2 aliphatic rings. The molecule has 1 amide bonds. The Bertz CT molecular complexity index is 935. The van der Waals surface area contributed by atoms with E-state index in [2.05, 4.69) is 24.8 Å². The van der Waals surface area contributed by atoms with E-state index in [4.69, 9.17) is 14.2 Å². The summed E-state index contributed by atoms with van der Waals surface area (Å²) in [5, 5.41) is 0. The number of carbonyl (C=O) groups excluding carboxylic acids is 1. The molecular weight excluding hydrogens is 402 g/mol. The van der Waals surface area contributed by atoms with Crippen molar-refractivity contribution >= 4 is 5.91 Å². The minimum atomic E-state index is -0.0848. The number of nitrogens with zero attached hydrogens (tertiary/aromatic N) is 1. The second kappa shape index (κ2) is 10.7. The first kappa shape index (κ1) is 22.4. The second-order valence-corrected chi connectivity index (χ2v) is 8.58. The van der Waals surface area contributed by atoms with E-state index in [-0.39, 0.29) is 17.9 Å². The van der Waals surface area contributed by atoms with Crippen LogP contribution in [0.3, 0.4) is 0 Å². The third kappa shape index (κ3) is 5.16. The van der Waals surface area contributed by atoms with Gasteiger partial charge in [0.15, 0.2) is 11.5 Å². The van der Waals surface area contributed by atoms with Gasteiger partial charge < -0.3 is 19.1 Å². The van der Waals surface area contributed by atoms with E-state index >= 15 is 0 Å². The summed E-state index contributed by atoms with van der Waals surface area (Å²) in [5.41, 5.74) is 3.51. The van der Waals surface area contributed by atoms with Crippen molar-refractivity contribution in [3.05, 3.63) is 71.8 Å². The van der Waals surface area contributed by atoms with Gasteiger partial charge in [-0.05, 0) is 60.9 Å². The molecule has 2 aromatic rings. The summed E-state index contributed by atoms with van der Waals surface area (Å²) in [6, 6.07) is 14.3. The highest BCUT2D eigenvalue weighted by atomic mass is 16.5. The van der Waals surface area contributed by atoms with Gasteiger partial charge in [0.2, 0.25) is 5.91 Å². The van der Waals surface area contributed by atoms with Gasteiger partial charge in [0.1, 0.15) is 6.61 Å². The zero-order valence-corrected chi connectivity index (χ0v) is 18.9. The van der Waals surface area contributed by atoms with Crippen molar-refractivity contribution in [2.45, 2.75) is 50.7 Å². The number of fused-ring (bicyclic) bond motifs is 1. The molecule has 0 N–H and O–H groups in total. The van der Waals surface area contributed by atoms with Crippen LogP contribution < -0.4 is 9.47 Å². The predicted octanol–water partition coefficient (Wildman–Crippen LogP) is 4.89. The SMILES string of the molecule is C=CCOc1ccc(CN(C[C@H]2CCCO2)C(=O)[C@H]2CCCc3ccccc32)cc1OC. The Hall–Kier alpha value is -2.79. The summed E-state index contributed by atoms with van der Waals surface area (Å²) in [6.07, 6.45) is 6.87. The maximum Gasteiger partial charge on any atom is 0.230 e. The van der Waals surface area contributed by atoms with Crippen molar-refractivity contribution in [1.29, 1.82) is 0 Å². The van der Waals surface area contributed by atoms with Crippen LogP contribution in [0.1, 0.15) is 48.3 Å². The maximum atomic E-state index is 13.8. The normalized spacial score (nSPS) is 19.8. The molecule has 1 fully saturated rings. The number of ether oxygens (including phenoxy) is 3. The Labute approximate surface area is 191 Å². The summed E-state index contributed by atoms with van der Waals surface area (Å²) in [4.78, 5) is 15.8. The van der Waals surface area contributed by atoms with Crippen LogP contribution in [0.2, 0.25) is 0 Å². The van der Waals surface area contributed by atoms with Crippen molar-refractivity contribution in [1.82, 2.24) is 4.90 Å². The van der Waals surface area contributed by atoms with E-state index in [1.54, 1.807) is 13.2 Å². The van der Waals surface area contributed by atoms with E-state index in [0.717, 1.165) is 44.3 Å². The molecule has 4 rings (SSSR count). The third-order valence-corrected chi connectivity index (χ3v) is 6.39. The first-order valence-corrected chi connectivity index (χ1v) is 11.6. The molecule has 1 aliphatic carbocycles. The molecule has 0 unspecified atom stereocenters. The zero-order chi connectivity index (χ0) is 22.3. The first-order valence-electron chi connectivity index (χ1n) is 11.6. The minimum Gasteiger partial charge on any atom is -0.493 e. The van der Waals surface area contributed by atoms with Crippen molar-refractivity contribution in [3.63, 3.8) is 0 Å². The smallest absolute Gasteiger partial charge is 0.230 e. The van der Waals surface area contributed by atoms with Crippen LogP contribution in [0.15, 0.2) is 55.1 Å². The molecule has 1 heterocycles. The Morgan fingerprint density at radius 3 is 2.84 bits per heavy atom. The minimum absolute atomic E-state index is 0.0848. The molecule has 2 aromatic carbocycles. The van der Waals surface area contributed by atoms with Crippen LogP contribution in [0.4, 0.5) is 0 Å². The molecule has 5 heteroatoms. The van der Waals surface area contributed by atoms with Crippen LogP contribution in [0.5, 0.6) is 11.5 Å². The summed E-state index contributed by atoms with van der Waals surface area (Å²) < 4.78 is 17.1. The number of methoxy groups -OCH3 is 1. The Morgan fingerprint density at radius 2 is 2.06 bits per heavy atom. The molecule has 32 heavy (non-hydrogen) atoms. The van der Waals surface area contributed by atoms with E-state index in [9.17, 15) is 4.79 Å². The molecule has 0 saturated carbocycles. The molecule has 1 aliphatic heterocycles. The summed E-state index contributed by atoms with van der Waals surface area (Å²) >= 11 is 0. The molecular formula is C27H33NO4. The van der Waals surface area contributed by atoms with Gasteiger partial charge in [-0.15, -0.1) is 0 Å². The Kier molecular flexibility index (Phi) is 7.48. The van der Waals surface area contributed by atoms with Gasteiger partial charge in [-0.25, -0.2) is 0 Å². The van der Waals surface area contributed by atoms with Crippen molar-refractivity contribution in [3.8, 4) is 11.5 Å². The average molecular weight is 436 g/mol. The van der Waals surface area contributed by atoms with E-state index in [1.165, 1.54) is 11.1 Å². The van der Waals surface area contributed by atoms with Gasteiger partial charge in [0, 0.05) is 19.7 Å². The fraction of sp³-hybridized carbons (Fsp3) is 0.444. The van der Waals surface area contributed by atoms with Crippen LogP contribution >= 0.6 is 0 Å². The van der Waals surface area contributed by atoms with Crippen LogP contribution in [0, 0.1) is 0 Å². The topological polar surface area (TPSA) is 48.0 Å². The molecule has 5 nitrogen and oxygen atoms in total. The Balaban J connectivity index is 1.57. The molecule has 2 atom stereocenters.